The van der Waals surface area contributed by atoms with Gasteiger partial charge in [0.25, 0.3) is 0 Å². The second-order valence-corrected chi connectivity index (χ2v) is 13.6. The molecule has 2 unspecified atom stereocenters. The van der Waals surface area contributed by atoms with E-state index in [4.69, 9.17) is 22.1 Å². The molecule has 2 fully saturated rings. The van der Waals surface area contributed by atoms with Gasteiger partial charge in [0.2, 0.25) is 11.8 Å². The molecule has 3 aliphatic rings. The zero-order chi connectivity index (χ0) is 32.7. The summed E-state index contributed by atoms with van der Waals surface area (Å²) in [5, 5.41) is 3.70. The number of carbonyl (C=O) groups excluding carboxylic acids is 3. The molecular weight excluding hydrogens is 586 g/mol. The van der Waals surface area contributed by atoms with Gasteiger partial charge in [-0.15, -0.1) is 0 Å². The fraction of sp³-hybridized carbons (Fsp3) is 0.703. The summed E-state index contributed by atoms with van der Waals surface area (Å²) in [7, 11) is 0. The molecule has 1 saturated heterocycles. The van der Waals surface area contributed by atoms with Crippen molar-refractivity contribution in [3.8, 4) is 0 Å². The van der Waals surface area contributed by atoms with E-state index in [9.17, 15) is 14.4 Å². The van der Waals surface area contributed by atoms with Gasteiger partial charge in [0.15, 0.2) is 0 Å². The molecule has 0 radical (unpaired) electrons. The molecular formula is C37H58ClN3O4. The Hall–Kier alpha value is -2.38. The van der Waals surface area contributed by atoms with Crippen molar-refractivity contribution in [2.45, 2.75) is 123 Å². The van der Waals surface area contributed by atoms with Gasteiger partial charge in [0, 0.05) is 37.5 Å². The molecule has 7 nitrogen and oxygen atoms in total. The topological polar surface area (TPSA) is 102 Å². The van der Waals surface area contributed by atoms with E-state index < -0.39 is 11.5 Å². The van der Waals surface area contributed by atoms with Crippen molar-refractivity contribution in [1.82, 2.24) is 10.2 Å². The van der Waals surface area contributed by atoms with E-state index >= 15 is 0 Å². The largest absolute Gasteiger partial charge is 0.466 e. The number of nitrogens with zero attached hydrogens (tertiary/aromatic N) is 1. The molecule has 45 heavy (non-hydrogen) atoms. The predicted molar refractivity (Wildman–Crippen MR) is 183 cm³/mol. The van der Waals surface area contributed by atoms with Gasteiger partial charge < -0.3 is 20.7 Å². The highest BCUT2D eigenvalue weighted by Gasteiger charge is 2.49. The number of nitrogens with two attached hydrogens (primary N) is 1. The number of hydrogen-bond donors (Lipinski definition) is 2. The zero-order valence-corrected chi connectivity index (χ0v) is 28.8. The Labute approximate surface area is 277 Å². The number of likely N-dealkylation sites (tertiary alicyclic amines) is 1. The van der Waals surface area contributed by atoms with E-state index in [1.807, 2.05) is 36.1 Å². The maximum Gasteiger partial charge on any atom is 0.312 e. The van der Waals surface area contributed by atoms with Crippen LogP contribution in [0, 0.1) is 17.3 Å². The van der Waals surface area contributed by atoms with E-state index in [1.165, 1.54) is 24.8 Å². The van der Waals surface area contributed by atoms with Crippen LogP contribution in [0.25, 0.3) is 0 Å². The van der Waals surface area contributed by atoms with Crippen LogP contribution in [0.1, 0.15) is 116 Å². The fourth-order valence-corrected chi connectivity index (χ4v) is 7.39. The number of esters is 1. The molecule has 2 amide bonds. The average molecular weight is 644 g/mol. The van der Waals surface area contributed by atoms with Gasteiger partial charge in [0.1, 0.15) is 6.04 Å². The van der Waals surface area contributed by atoms with Crippen LogP contribution in [0.15, 0.2) is 35.9 Å². The highest BCUT2D eigenvalue weighted by atomic mass is 35.5. The summed E-state index contributed by atoms with van der Waals surface area (Å²) in [5.74, 6) is 0.347. The molecule has 2 atom stereocenters. The summed E-state index contributed by atoms with van der Waals surface area (Å²) in [6, 6.07) is 6.75. The van der Waals surface area contributed by atoms with Crippen molar-refractivity contribution < 1.29 is 19.1 Å². The molecule has 0 aromatic heterocycles. The normalized spacial score (nSPS) is 20.7. The first-order valence-corrected chi connectivity index (χ1v) is 18.0. The Morgan fingerprint density at radius 3 is 2.27 bits per heavy atom. The summed E-state index contributed by atoms with van der Waals surface area (Å²) < 4.78 is 5.59. The average Bonchev–Trinajstić information content (AvgIpc) is 3.08. The van der Waals surface area contributed by atoms with Crippen LogP contribution in [-0.2, 0) is 25.5 Å². The van der Waals surface area contributed by atoms with Crippen molar-refractivity contribution in [2.75, 3.05) is 26.2 Å². The van der Waals surface area contributed by atoms with Crippen molar-refractivity contribution >= 4 is 29.4 Å². The minimum absolute atomic E-state index is 0.0883. The third-order valence-corrected chi connectivity index (χ3v) is 10.4. The summed E-state index contributed by atoms with van der Waals surface area (Å²) in [4.78, 5) is 42.2. The zero-order valence-electron chi connectivity index (χ0n) is 28.1. The number of halogens is 1. The second-order valence-electron chi connectivity index (χ2n) is 13.1. The number of ether oxygens (including phenoxy) is 1. The summed E-state index contributed by atoms with van der Waals surface area (Å²) in [6.45, 7) is 8.11. The highest BCUT2D eigenvalue weighted by molar-refractivity contribution is 6.30. The summed E-state index contributed by atoms with van der Waals surface area (Å²) in [5.41, 5.74) is 7.61. The lowest BCUT2D eigenvalue weighted by Crippen LogP contribution is -2.55. The number of hydrogen-bond acceptors (Lipinski definition) is 5. The van der Waals surface area contributed by atoms with E-state index in [0.717, 1.165) is 56.9 Å². The van der Waals surface area contributed by atoms with Gasteiger partial charge in [0.05, 0.1) is 12.0 Å². The van der Waals surface area contributed by atoms with Gasteiger partial charge in [-0.2, -0.15) is 0 Å². The minimum atomic E-state index is -0.677. The maximum atomic E-state index is 13.9. The number of rotatable bonds is 12. The third-order valence-electron chi connectivity index (χ3n) is 10.2. The van der Waals surface area contributed by atoms with Gasteiger partial charge >= 0.3 is 5.97 Å². The Morgan fingerprint density at radius 1 is 1.00 bits per heavy atom. The molecule has 8 heteroatoms. The quantitative estimate of drug-likeness (QED) is 0.183. The molecule has 1 heterocycles. The number of amides is 2. The Balaban J connectivity index is 0.00000130. The van der Waals surface area contributed by atoms with Gasteiger partial charge in [-0.05, 0) is 87.8 Å². The third kappa shape index (κ3) is 10.8. The molecule has 1 aromatic rings. The summed E-state index contributed by atoms with van der Waals surface area (Å²) in [6.07, 6.45) is 16.4. The van der Waals surface area contributed by atoms with E-state index in [2.05, 4.69) is 25.2 Å². The summed E-state index contributed by atoms with van der Waals surface area (Å²) >= 11 is 6.10. The standard InChI is InChI=1S/C33H48ClN3O4.C4H10/c1-2-41-32(40)33(27-10-4-3-5-11-27)18-20-37(21-19-33)31(39)29(22-24-12-15-28(34)16-13-24)36-30(38)17-14-25-8-6-7-9-26(25)23-35;1-3-4-2/h9,12-13,15-16,25,27,29H,2-8,10-11,14,17-23,35H2,1H3,(H,36,38);3-4H2,1-2H3. The fourth-order valence-electron chi connectivity index (χ4n) is 7.27. The molecule has 1 saturated carbocycles. The monoisotopic (exact) mass is 643 g/mol. The van der Waals surface area contributed by atoms with Crippen molar-refractivity contribution in [3.63, 3.8) is 0 Å². The SMILES string of the molecule is CCCC.CCOC(=O)C1(C2CCCCC2)CCN(C(=O)C(Cc2ccc(Cl)cc2)NC(=O)CCC2CCCC=C2CN)CC1. The lowest BCUT2D eigenvalue weighted by molar-refractivity contribution is -0.166. The predicted octanol–water partition coefficient (Wildman–Crippen LogP) is 7.39. The van der Waals surface area contributed by atoms with Crippen LogP contribution >= 0.6 is 11.6 Å². The molecule has 0 bridgehead atoms. The van der Waals surface area contributed by atoms with Gasteiger partial charge in [-0.3, -0.25) is 14.4 Å². The van der Waals surface area contributed by atoms with E-state index in [1.54, 1.807) is 0 Å². The van der Waals surface area contributed by atoms with E-state index in [-0.39, 0.29) is 17.8 Å². The number of allylic oxidation sites excluding steroid dienone is 1. The van der Waals surface area contributed by atoms with Crippen LogP contribution in [-0.4, -0.2) is 55.0 Å². The van der Waals surface area contributed by atoms with Crippen LogP contribution in [0.2, 0.25) is 5.02 Å². The second kappa shape index (κ2) is 19.3. The van der Waals surface area contributed by atoms with Gasteiger partial charge in [-0.1, -0.05) is 81.3 Å². The number of benzene rings is 1. The van der Waals surface area contributed by atoms with Crippen LogP contribution in [0.5, 0.6) is 0 Å². The van der Waals surface area contributed by atoms with Crippen molar-refractivity contribution in [2.24, 2.45) is 23.0 Å². The number of unbranched alkanes of at least 4 members (excludes halogenated alkanes) is 1. The Bertz CT molecular complexity index is 1090. The molecule has 4 rings (SSSR count). The number of nitrogens with one attached hydrogen (secondary N) is 1. The van der Waals surface area contributed by atoms with E-state index in [0.29, 0.717) is 68.8 Å². The lowest BCUT2D eigenvalue weighted by Gasteiger charge is -2.46. The number of piperidine rings is 1. The molecule has 0 spiro atoms. The van der Waals surface area contributed by atoms with Gasteiger partial charge in [-0.25, -0.2) is 0 Å². The Kier molecular flexibility index (Phi) is 15.9. The van der Waals surface area contributed by atoms with Crippen LogP contribution in [0.3, 0.4) is 0 Å². The molecule has 1 aliphatic heterocycles. The molecule has 3 N–H and O–H groups in total. The molecule has 2 aliphatic carbocycles. The number of carbonyl (C=O) groups is 3. The first kappa shape index (κ1) is 37.1. The van der Waals surface area contributed by atoms with Crippen molar-refractivity contribution in [3.05, 3.63) is 46.5 Å². The van der Waals surface area contributed by atoms with Crippen molar-refractivity contribution in [1.29, 1.82) is 0 Å². The Morgan fingerprint density at radius 2 is 1.67 bits per heavy atom. The highest BCUT2D eigenvalue weighted by Crippen LogP contribution is 2.47. The minimum Gasteiger partial charge on any atom is -0.466 e. The van der Waals surface area contributed by atoms with Crippen LogP contribution < -0.4 is 11.1 Å². The smallest absolute Gasteiger partial charge is 0.312 e. The van der Waals surface area contributed by atoms with Crippen LogP contribution in [0.4, 0.5) is 0 Å². The lowest BCUT2D eigenvalue weighted by atomic mass is 9.63. The maximum absolute atomic E-state index is 13.9. The first-order chi connectivity index (χ1) is 21.8. The molecule has 1 aromatic carbocycles. The molecule has 252 valence electrons. The first-order valence-electron chi connectivity index (χ1n) is 17.7.